The van der Waals surface area contributed by atoms with Gasteiger partial charge in [0, 0.05) is 11.8 Å². The Kier molecular flexibility index (Phi) is 4.42. The van der Waals surface area contributed by atoms with Crippen molar-refractivity contribution < 1.29 is 27.5 Å². The summed E-state index contributed by atoms with van der Waals surface area (Å²) in [4.78, 5) is 12.0. The zero-order valence-corrected chi connectivity index (χ0v) is 11.4. The van der Waals surface area contributed by atoms with Gasteiger partial charge < -0.3 is 19.2 Å². The Bertz CT molecular complexity index is 640. The van der Waals surface area contributed by atoms with E-state index >= 15 is 0 Å². The smallest absolute Gasteiger partial charge is 0.387 e. The van der Waals surface area contributed by atoms with E-state index in [1.54, 1.807) is 6.92 Å². The van der Waals surface area contributed by atoms with Crippen molar-refractivity contribution in [3.05, 3.63) is 41.9 Å². The van der Waals surface area contributed by atoms with Gasteiger partial charge in [-0.15, -0.1) is 0 Å². The van der Waals surface area contributed by atoms with E-state index < -0.39 is 12.5 Å². The molecule has 0 aliphatic heterocycles. The second kappa shape index (κ2) is 6.25. The van der Waals surface area contributed by atoms with E-state index in [-0.39, 0.29) is 11.5 Å². The zero-order valence-electron chi connectivity index (χ0n) is 11.4. The van der Waals surface area contributed by atoms with Gasteiger partial charge in [-0.2, -0.15) is 8.78 Å². The summed E-state index contributed by atoms with van der Waals surface area (Å²) in [5, 5.41) is 2.57. The number of hydrogen-bond donors (Lipinski definition) is 1. The highest BCUT2D eigenvalue weighted by atomic mass is 19.3. The minimum Gasteiger partial charge on any atom is -0.493 e. The van der Waals surface area contributed by atoms with Crippen LogP contribution in [0.5, 0.6) is 11.5 Å². The van der Waals surface area contributed by atoms with Crippen molar-refractivity contribution in [3.63, 3.8) is 0 Å². The number of carbonyl (C=O) groups excluding carboxylic acids is 1. The number of methoxy groups -OCH3 is 1. The highest BCUT2D eigenvalue weighted by Crippen LogP contribution is 2.31. The molecule has 0 unspecified atom stereocenters. The molecule has 0 bridgehead atoms. The maximum atomic E-state index is 12.3. The van der Waals surface area contributed by atoms with E-state index in [4.69, 9.17) is 9.15 Å². The first-order valence-corrected chi connectivity index (χ1v) is 5.99. The number of benzene rings is 1. The second-order valence-corrected chi connectivity index (χ2v) is 4.09. The van der Waals surface area contributed by atoms with Crippen molar-refractivity contribution in [3.8, 4) is 11.5 Å². The lowest BCUT2D eigenvalue weighted by molar-refractivity contribution is -0.0511. The van der Waals surface area contributed by atoms with Gasteiger partial charge in [0.15, 0.2) is 11.5 Å². The lowest BCUT2D eigenvalue weighted by Crippen LogP contribution is -2.12. The van der Waals surface area contributed by atoms with Crippen LogP contribution in [-0.2, 0) is 0 Å². The molecule has 5 nitrogen and oxygen atoms in total. The van der Waals surface area contributed by atoms with Crippen LogP contribution < -0.4 is 14.8 Å². The minimum absolute atomic E-state index is 0.146. The van der Waals surface area contributed by atoms with Gasteiger partial charge in [0.1, 0.15) is 5.76 Å². The molecule has 1 N–H and O–H groups in total. The molecular formula is C14H13F2NO4. The SMILES string of the molecule is COc1ccc(NC(=O)c2ccoc2C)cc1OC(F)F. The van der Waals surface area contributed by atoms with Gasteiger partial charge >= 0.3 is 6.61 Å². The summed E-state index contributed by atoms with van der Waals surface area (Å²) in [6.45, 7) is -1.34. The number of furan rings is 1. The van der Waals surface area contributed by atoms with Crippen molar-refractivity contribution in [1.29, 1.82) is 0 Å². The number of anilines is 1. The minimum atomic E-state index is -2.99. The standard InChI is InChI=1S/C14H13F2NO4/c1-8-10(5-6-20-8)13(18)17-9-3-4-11(19-2)12(7-9)21-14(15)16/h3-7,14H,1-2H3,(H,17,18). The highest BCUT2D eigenvalue weighted by Gasteiger charge is 2.15. The molecule has 7 heteroatoms. The Morgan fingerprint density at radius 2 is 2.05 bits per heavy atom. The van der Waals surface area contributed by atoms with Crippen molar-refractivity contribution in [2.45, 2.75) is 13.5 Å². The third-order valence-corrected chi connectivity index (χ3v) is 2.74. The largest absolute Gasteiger partial charge is 0.493 e. The molecule has 1 aromatic carbocycles. The number of rotatable bonds is 5. The van der Waals surface area contributed by atoms with E-state index in [1.807, 2.05) is 0 Å². The summed E-state index contributed by atoms with van der Waals surface area (Å²) in [7, 11) is 1.33. The molecule has 1 aromatic heterocycles. The predicted octanol–water partition coefficient (Wildman–Crippen LogP) is 3.45. The molecule has 1 amide bonds. The fourth-order valence-electron chi connectivity index (χ4n) is 1.76. The fourth-order valence-corrected chi connectivity index (χ4v) is 1.76. The first-order valence-electron chi connectivity index (χ1n) is 5.99. The summed E-state index contributed by atoms with van der Waals surface area (Å²) in [6, 6.07) is 5.73. The van der Waals surface area contributed by atoms with Crippen molar-refractivity contribution in [2.75, 3.05) is 12.4 Å². The van der Waals surface area contributed by atoms with Crippen molar-refractivity contribution >= 4 is 11.6 Å². The van der Waals surface area contributed by atoms with Gasteiger partial charge in [-0.25, -0.2) is 0 Å². The summed E-state index contributed by atoms with van der Waals surface area (Å²) in [5.41, 5.74) is 0.666. The summed E-state index contributed by atoms with van der Waals surface area (Å²) in [6.07, 6.45) is 1.39. The average Bonchev–Trinajstić information content (AvgIpc) is 2.85. The van der Waals surface area contributed by atoms with Crippen LogP contribution in [0.2, 0.25) is 0 Å². The maximum Gasteiger partial charge on any atom is 0.387 e. The van der Waals surface area contributed by atoms with E-state index in [0.29, 0.717) is 17.0 Å². The van der Waals surface area contributed by atoms with Crippen molar-refractivity contribution in [2.24, 2.45) is 0 Å². The van der Waals surface area contributed by atoms with Crippen LogP contribution in [0.15, 0.2) is 34.9 Å². The summed E-state index contributed by atoms with van der Waals surface area (Å²) in [5.74, 6) is 0.0430. The number of alkyl halides is 2. The molecule has 0 spiro atoms. The topological polar surface area (TPSA) is 60.7 Å². The Morgan fingerprint density at radius 3 is 2.62 bits per heavy atom. The van der Waals surface area contributed by atoms with E-state index in [9.17, 15) is 13.6 Å². The molecule has 0 radical (unpaired) electrons. The lowest BCUT2D eigenvalue weighted by Gasteiger charge is -2.12. The summed E-state index contributed by atoms with van der Waals surface area (Å²) >= 11 is 0. The molecule has 0 saturated heterocycles. The molecule has 112 valence electrons. The first kappa shape index (κ1) is 14.8. The van der Waals surface area contributed by atoms with Crippen LogP contribution in [0.3, 0.4) is 0 Å². The quantitative estimate of drug-likeness (QED) is 0.918. The molecule has 0 fully saturated rings. The Morgan fingerprint density at radius 1 is 1.29 bits per heavy atom. The van der Waals surface area contributed by atoms with Crippen LogP contribution in [0.25, 0.3) is 0 Å². The number of ether oxygens (including phenoxy) is 2. The Hall–Kier alpha value is -2.57. The van der Waals surface area contributed by atoms with Crippen LogP contribution >= 0.6 is 0 Å². The Labute approximate surface area is 119 Å². The third-order valence-electron chi connectivity index (χ3n) is 2.74. The highest BCUT2D eigenvalue weighted by molar-refractivity contribution is 6.05. The van der Waals surface area contributed by atoms with Crippen LogP contribution in [-0.4, -0.2) is 19.6 Å². The van der Waals surface area contributed by atoms with Gasteiger partial charge in [-0.1, -0.05) is 0 Å². The van der Waals surface area contributed by atoms with Crippen LogP contribution in [0, 0.1) is 6.92 Å². The van der Waals surface area contributed by atoms with Crippen molar-refractivity contribution in [1.82, 2.24) is 0 Å². The normalized spacial score (nSPS) is 10.5. The number of carbonyl (C=O) groups is 1. The molecule has 2 aromatic rings. The molecule has 0 aliphatic carbocycles. The molecule has 21 heavy (non-hydrogen) atoms. The third kappa shape index (κ3) is 3.50. The predicted molar refractivity (Wildman–Crippen MR) is 71.0 cm³/mol. The zero-order chi connectivity index (χ0) is 15.4. The number of hydrogen-bond acceptors (Lipinski definition) is 4. The van der Waals surface area contributed by atoms with E-state index in [0.717, 1.165) is 0 Å². The Balaban J connectivity index is 2.20. The molecule has 1 heterocycles. The van der Waals surface area contributed by atoms with Gasteiger partial charge in [0.2, 0.25) is 0 Å². The van der Waals surface area contributed by atoms with Crippen LogP contribution in [0.4, 0.5) is 14.5 Å². The second-order valence-electron chi connectivity index (χ2n) is 4.09. The number of amides is 1. The molecular weight excluding hydrogens is 284 g/mol. The molecule has 0 atom stereocenters. The van der Waals surface area contributed by atoms with Gasteiger partial charge in [-0.05, 0) is 25.1 Å². The monoisotopic (exact) mass is 297 g/mol. The van der Waals surface area contributed by atoms with Gasteiger partial charge in [-0.3, -0.25) is 4.79 Å². The first-order chi connectivity index (χ1) is 10.0. The van der Waals surface area contributed by atoms with Crippen LogP contribution in [0.1, 0.15) is 16.1 Å². The van der Waals surface area contributed by atoms with E-state index in [1.165, 1.54) is 37.6 Å². The van der Waals surface area contributed by atoms with Gasteiger partial charge in [0.05, 0.1) is 18.9 Å². The number of halogens is 2. The summed E-state index contributed by atoms with van der Waals surface area (Å²) < 4.78 is 38.9. The number of nitrogens with one attached hydrogen (secondary N) is 1. The average molecular weight is 297 g/mol. The number of aryl methyl sites for hydroxylation is 1. The molecule has 0 aliphatic rings. The fraction of sp³-hybridized carbons (Fsp3) is 0.214. The molecule has 0 saturated carbocycles. The van der Waals surface area contributed by atoms with Gasteiger partial charge in [0.25, 0.3) is 5.91 Å². The lowest BCUT2D eigenvalue weighted by atomic mass is 10.2. The maximum absolute atomic E-state index is 12.3. The molecule has 2 rings (SSSR count). The van der Waals surface area contributed by atoms with E-state index in [2.05, 4.69) is 10.1 Å².